The first-order valence-electron chi connectivity index (χ1n) is 11.1. The van der Waals surface area contributed by atoms with Crippen LogP contribution in [0.1, 0.15) is 44.9 Å². The van der Waals surface area contributed by atoms with E-state index in [1.807, 2.05) is 38.1 Å². The Morgan fingerprint density at radius 3 is 2.57 bits per heavy atom. The van der Waals surface area contributed by atoms with Crippen molar-refractivity contribution in [3.8, 4) is 5.75 Å². The second kappa shape index (κ2) is 10.2. The molecule has 0 bridgehead atoms. The van der Waals surface area contributed by atoms with E-state index in [9.17, 15) is 4.79 Å². The van der Waals surface area contributed by atoms with Gasteiger partial charge in [0.2, 0.25) is 5.91 Å². The van der Waals surface area contributed by atoms with Gasteiger partial charge in [0, 0.05) is 38.0 Å². The molecular formula is C25H36N2O3. The van der Waals surface area contributed by atoms with E-state index in [4.69, 9.17) is 9.15 Å². The first kappa shape index (κ1) is 22.4. The molecule has 2 unspecified atom stereocenters. The van der Waals surface area contributed by atoms with Crippen molar-refractivity contribution in [3.05, 3.63) is 54.0 Å². The maximum atomic E-state index is 12.9. The zero-order chi connectivity index (χ0) is 21.7. The molecule has 1 saturated heterocycles. The molecule has 30 heavy (non-hydrogen) atoms. The highest BCUT2D eigenvalue weighted by atomic mass is 16.5. The fourth-order valence-corrected chi connectivity index (χ4v) is 4.57. The van der Waals surface area contributed by atoms with Gasteiger partial charge in [0.1, 0.15) is 11.5 Å². The van der Waals surface area contributed by atoms with Gasteiger partial charge in [-0.2, -0.15) is 0 Å². The van der Waals surface area contributed by atoms with Crippen molar-refractivity contribution in [3.63, 3.8) is 0 Å². The van der Waals surface area contributed by atoms with Crippen molar-refractivity contribution >= 4 is 5.91 Å². The van der Waals surface area contributed by atoms with Crippen LogP contribution in [0.4, 0.5) is 0 Å². The summed E-state index contributed by atoms with van der Waals surface area (Å²) in [5.41, 5.74) is 1.23. The Morgan fingerprint density at radius 1 is 1.17 bits per heavy atom. The molecular weight excluding hydrogens is 376 g/mol. The van der Waals surface area contributed by atoms with Crippen molar-refractivity contribution in [1.29, 1.82) is 0 Å². The molecule has 5 heteroatoms. The topological polar surface area (TPSA) is 45.9 Å². The molecule has 0 aliphatic carbocycles. The average Bonchev–Trinajstić information content (AvgIpc) is 3.36. The summed E-state index contributed by atoms with van der Waals surface area (Å²) in [5.74, 6) is 3.26. The first-order chi connectivity index (χ1) is 14.4. The van der Waals surface area contributed by atoms with Crippen molar-refractivity contribution in [2.24, 2.45) is 17.8 Å². The second-order valence-corrected chi connectivity index (χ2v) is 9.17. The van der Waals surface area contributed by atoms with Crippen molar-refractivity contribution in [1.82, 2.24) is 9.80 Å². The summed E-state index contributed by atoms with van der Waals surface area (Å²) in [5, 5.41) is 0. The number of ether oxygens (including phenoxy) is 1. The van der Waals surface area contributed by atoms with Crippen LogP contribution in [0.25, 0.3) is 0 Å². The van der Waals surface area contributed by atoms with Crippen molar-refractivity contribution < 1.29 is 13.9 Å². The fourth-order valence-electron chi connectivity index (χ4n) is 4.57. The molecule has 0 saturated carbocycles. The summed E-state index contributed by atoms with van der Waals surface area (Å²) in [7, 11) is 1.73. The number of hydrogen-bond acceptors (Lipinski definition) is 4. The van der Waals surface area contributed by atoms with E-state index in [0.717, 1.165) is 44.2 Å². The maximum Gasteiger partial charge on any atom is 0.225 e. The number of para-hydroxylation sites is 1. The van der Waals surface area contributed by atoms with Crippen LogP contribution < -0.4 is 4.74 Å². The first-order valence-corrected chi connectivity index (χ1v) is 11.1. The molecule has 0 spiro atoms. The molecule has 1 aliphatic rings. The van der Waals surface area contributed by atoms with E-state index in [1.54, 1.807) is 13.4 Å². The van der Waals surface area contributed by atoms with E-state index < -0.39 is 0 Å². The van der Waals surface area contributed by atoms with Gasteiger partial charge in [-0.3, -0.25) is 9.69 Å². The van der Waals surface area contributed by atoms with Crippen molar-refractivity contribution in [2.45, 2.75) is 40.2 Å². The molecule has 164 valence electrons. The van der Waals surface area contributed by atoms with Gasteiger partial charge in [-0.25, -0.2) is 0 Å². The average molecular weight is 413 g/mol. The van der Waals surface area contributed by atoms with Gasteiger partial charge < -0.3 is 14.1 Å². The van der Waals surface area contributed by atoms with Crippen LogP contribution in [0.15, 0.2) is 47.1 Å². The van der Waals surface area contributed by atoms with E-state index in [2.05, 4.69) is 35.8 Å². The van der Waals surface area contributed by atoms with Gasteiger partial charge in [-0.05, 0) is 35.6 Å². The SMILES string of the molecule is COc1ccccc1C1CN(Cc2ccco2)CC1CN(CC(C)C)C(=O)C(C)C. The lowest BCUT2D eigenvalue weighted by Gasteiger charge is -2.31. The molecule has 2 atom stereocenters. The van der Waals surface area contributed by atoms with Gasteiger partial charge in [0.25, 0.3) is 0 Å². The predicted octanol–water partition coefficient (Wildman–Crippen LogP) is 4.64. The Morgan fingerprint density at radius 2 is 1.93 bits per heavy atom. The standard InChI is InChI=1S/C25H36N2O3/c1-18(2)13-27(25(28)19(3)4)15-20-14-26(16-21-9-8-12-30-21)17-23(20)22-10-6-7-11-24(22)29-5/h6-12,18-20,23H,13-17H2,1-5H3. The Bertz CT molecular complexity index is 800. The van der Waals surface area contributed by atoms with Crippen LogP contribution in [0.2, 0.25) is 0 Å². The minimum atomic E-state index is 0.00841. The third-order valence-electron chi connectivity index (χ3n) is 5.86. The van der Waals surface area contributed by atoms with E-state index in [0.29, 0.717) is 17.8 Å². The number of furan rings is 1. The maximum absolute atomic E-state index is 12.9. The normalized spacial score (nSPS) is 19.6. The summed E-state index contributed by atoms with van der Waals surface area (Å²) >= 11 is 0. The Kier molecular flexibility index (Phi) is 7.59. The van der Waals surface area contributed by atoms with Crippen LogP contribution in [0, 0.1) is 17.8 Å². The third-order valence-corrected chi connectivity index (χ3v) is 5.86. The van der Waals surface area contributed by atoms with Gasteiger partial charge in [-0.1, -0.05) is 45.9 Å². The lowest BCUT2D eigenvalue weighted by atomic mass is 9.87. The number of carbonyl (C=O) groups excluding carboxylic acids is 1. The highest BCUT2D eigenvalue weighted by Crippen LogP contribution is 2.38. The monoisotopic (exact) mass is 412 g/mol. The van der Waals surface area contributed by atoms with Crippen LogP contribution in [0.5, 0.6) is 5.75 Å². The van der Waals surface area contributed by atoms with Crippen LogP contribution >= 0.6 is 0 Å². The second-order valence-electron chi connectivity index (χ2n) is 9.17. The predicted molar refractivity (Wildman–Crippen MR) is 119 cm³/mol. The fraction of sp³-hybridized carbons (Fsp3) is 0.560. The van der Waals surface area contributed by atoms with Crippen LogP contribution in [-0.2, 0) is 11.3 Å². The number of benzene rings is 1. The largest absolute Gasteiger partial charge is 0.496 e. The Hall–Kier alpha value is -2.27. The summed E-state index contributed by atoms with van der Waals surface area (Å²) in [6.07, 6.45) is 1.73. The summed E-state index contributed by atoms with van der Waals surface area (Å²) in [4.78, 5) is 17.5. The molecule has 0 N–H and O–H groups in total. The van der Waals surface area contributed by atoms with Gasteiger partial charge in [0.15, 0.2) is 0 Å². The molecule has 3 rings (SSSR count). The zero-order valence-electron chi connectivity index (χ0n) is 19.0. The number of methoxy groups -OCH3 is 1. The smallest absolute Gasteiger partial charge is 0.225 e. The zero-order valence-corrected chi connectivity index (χ0v) is 19.0. The molecule has 2 heterocycles. The van der Waals surface area contributed by atoms with Crippen LogP contribution in [-0.4, -0.2) is 49.0 Å². The number of carbonyl (C=O) groups is 1. The lowest BCUT2D eigenvalue weighted by molar-refractivity contribution is -0.135. The van der Waals surface area contributed by atoms with Gasteiger partial charge >= 0.3 is 0 Å². The third kappa shape index (κ3) is 5.45. The van der Waals surface area contributed by atoms with Gasteiger partial charge in [0.05, 0.1) is 19.9 Å². The highest BCUT2D eigenvalue weighted by Gasteiger charge is 2.37. The quantitative estimate of drug-likeness (QED) is 0.602. The van der Waals surface area contributed by atoms with Gasteiger partial charge in [-0.15, -0.1) is 0 Å². The Balaban J connectivity index is 1.85. The number of likely N-dealkylation sites (tertiary alicyclic amines) is 1. The molecule has 5 nitrogen and oxygen atoms in total. The minimum Gasteiger partial charge on any atom is -0.496 e. The highest BCUT2D eigenvalue weighted by molar-refractivity contribution is 5.78. The van der Waals surface area contributed by atoms with Crippen LogP contribution in [0.3, 0.4) is 0 Å². The number of rotatable bonds is 9. The summed E-state index contributed by atoms with van der Waals surface area (Å²) in [6, 6.07) is 12.3. The Labute approximate surface area is 181 Å². The lowest BCUT2D eigenvalue weighted by Crippen LogP contribution is -2.41. The number of nitrogens with zero attached hydrogens (tertiary/aromatic N) is 2. The molecule has 2 aromatic rings. The molecule has 1 aliphatic heterocycles. The number of hydrogen-bond donors (Lipinski definition) is 0. The molecule has 1 aromatic carbocycles. The van der Waals surface area contributed by atoms with Crippen molar-refractivity contribution in [2.75, 3.05) is 33.3 Å². The molecule has 1 fully saturated rings. The minimum absolute atomic E-state index is 0.00841. The number of amides is 1. The molecule has 1 aromatic heterocycles. The molecule has 0 radical (unpaired) electrons. The van der Waals surface area contributed by atoms with E-state index in [1.165, 1.54) is 5.56 Å². The summed E-state index contributed by atoms with van der Waals surface area (Å²) in [6.45, 7) is 12.6. The van der Waals surface area contributed by atoms with E-state index >= 15 is 0 Å². The molecule has 1 amide bonds. The summed E-state index contributed by atoms with van der Waals surface area (Å²) < 4.78 is 11.3. The van der Waals surface area contributed by atoms with E-state index in [-0.39, 0.29) is 11.8 Å².